The SMILES string of the molecule is CC1(C)C(=O)NC(=O)N(CCc2ccccc2)C1=O. The molecule has 0 saturated carbocycles. The van der Waals surface area contributed by atoms with Gasteiger partial charge >= 0.3 is 6.03 Å². The highest BCUT2D eigenvalue weighted by atomic mass is 16.2. The average Bonchev–Trinajstić information content (AvgIpc) is 2.38. The van der Waals surface area contributed by atoms with Crippen LogP contribution in [0, 0.1) is 5.41 Å². The minimum absolute atomic E-state index is 0.269. The van der Waals surface area contributed by atoms with Gasteiger partial charge < -0.3 is 0 Å². The molecule has 0 spiro atoms. The second-order valence-electron chi connectivity index (χ2n) is 5.08. The fraction of sp³-hybridized carbons (Fsp3) is 0.357. The molecule has 1 aliphatic heterocycles. The second kappa shape index (κ2) is 4.84. The molecule has 5 heteroatoms. The number of imide groups is 2. The van der Waals surface area contributed by atoms with E-state index in [1.807, 2.05) is 30.3 Å². The van der Waals surface area contributed by atoms with Crippen LogP contribution in [0.3, 0.4) is 0 Å². The van der Waals surface area contributed by atoms with Gasteiger partial charge in [0.1, 0.15) is 5.41 Å². The van der Waals surface area contributed by atoms with Gasteiger partial charge in [-0.25, -0.2) is 4.79 Å². The zero-order valence-electron chi connectivity index (χ0n) is 11.0. The lowest BCUT2D eigenvalue weighted by atomic mass is 9.88. The molecule has 1 aromatic carbocycles. The van der Waals surface area contributed by atoms with E-state index in [1.165, 1.54) is 13.8 Å². The summed E-state index contributed by atoms with van der Waals surface area (Å²) in [7, 11) is 0. The van der Waals surface area contributed by atoms with Crippen LogP contribution in [-0.4, -0.2) is 29.3 Å². The molecule has 1 N–H and O–H groups in total. The van der Waals surface area contributed by atoms with Crippen molar-refractivity contribution in [1.82, 2.24) is 10.2 Å². The normalized spacial score (nSPS) is 18.4. The van der Waals surface area contributed by atoms with E-state index in [1.54, 1.807) is 0 Å². The molecule has 100 valence electrons. The largest absolute Gasteiger partial charge is 0.330 e. The van der Waals surface area contributed by atoms with Crippen molar-refractivity contribution in [2.45, 2.75) is 20.3 Å². The zero-order valence-corrected chi connectivity index (χ0v) is 11.0. The number of nitrogens with one attached hydrogen (secondary N) is 1. The van der Waals surface area contributed by atoms with Gasteiger partial charge in [0.2, 0.25) is 11.8 Å². The fourth-order valence-corrected chi connectivity index (χ4v) is 1.94. The van der Waals surface area contributed by atoms with Gasteiger partial charge in [-0.3, -0.25) is 19.8 Å². The Morgan fingerprint density at radius 3 is 2.37 bits per heavy atom. The first-order valence-electron chi connectivity index (χ1n) is 6.14. The molecule has 0 unspecified atom stereocenters. The van der Waals surface area contributed by atoms with Crippen LogP contribution in [0.2, 0.25) is 0 Å². The Labute approximate surface area is 111 Å². The topological polar surface area (TPSA) is 66.5 Å². The fourth-order valence-electron chi connectivity index (χ4n) is 1.94. The highest BCUT2D eigenvalue weighted by molar-refractivity contribution is 6.18. The molecule has 0 atom stereocenters. The summed E-state index contributed by atoms with van der Waals surface area (Å²) < 4.78 is 0. The maximum Gasteiger partial charge on any atom is 0.330 e. The summed E-state index contributed by atoms with van der Waals surface area (Å²) in [6, 6.07) is 8.95. The van der Waals surface area contributed by atoms with Gasteiger partial charge in [0.05, 0.1) is 0 Å². The maximum atomic E-state index is 12.1. The molecule has 0 bridgehead atoms. The van der Waals surface area contributed by atoms with E-state index >= 15 is 0 Å². The summed E-state index contributed by atoms with van der Waals surface area (Å²) in [5, 5.41) is 2.21. The van der Waals surface area contributed by atoms with Crippen molar-refractivity contribution in [2.24, 2.45) is 5.41 Å². The summed E-state index contributed by atoms with van der Waals surface area (Å²) in [4.78, 5) is 36.5. The molecule has 2 rings (SSSR count). The van der Waals surface area contributed by atoms with Crippen LogP contribution in [0.25, 0.3) is 0 Å². The number of nitrogens with zero attached hydrogens (tertiary/aromatic N) is 1. The van der Waals surface area contributed by atoms with Gasteiger partial charge in [0.25, 0.3) is 0 Å². The smallest absolute Gasteiger partial charge is 0.277 e. The number of carbonyl (C=O) groups is 3. The number of hydrogen-bond donors (Lipinski definition) is 1. The predicted octanol–water partition coefficient (Wildman–Crippen LogP) is 1.33. The van der Waals surface area contributed by atoms with Gasteiger partial charge in [-0.2, -0.15) is 0 Å². The van der Waals surface area contributed by atoms with Gasteiger partial charge in [0.15, 0.2) is 0 Å². The van der Waals surface area contributed by atoms with E-state index in [4.69, 9.17) is 0 Å². The lowest BCUT2D eigenvalue weighted by molar-refractivity contribution is -0.148. The van der Waals surface area contributed by atoms with Crippen LogP contribution in [0.1, 0.15) is 19.4 Å². The Balaban J connectivity index is 2.09. The molecule has 1 aromatic rings. The van der Waals surface area contributed by atoms with Crippen LogP contribution in [-0.2, 0) is 16.0 Å². The minimum atomic E-state index is -1.19. The van der Waals surface area contributed by atoms with E-state index in [0.29, 0.717) is 6.42 Å². The standard InChI is InChI=1S/C14H16N2O3/c1-14(2)11(17)15-13(19)16(12(14)18)9-8-10-6-4-3-5-7-10/h3-7H,8-9H2,1-2H3,(H,15,17,19). The second-order valence-corrected chi connectivity index (χ2v) is 5.08. The van der Waals surface area contributed by atoms with Crippen molar-refractivity contribution in [1.29, 1.82) is 0 Å². The highest BCUT2D eigenvalue weighted by Crippen LogP contribution is 2.23. The monoisotopic (exact) mass is 260 g/mol. The quantitative estimate of drug-likeness (QED) is 0.834. The lowest BCUT2D eigenvalue weighted by Crippen LogP contribution is -2.62. The number of barbiturate groups is 1. The Kier molecular flexibility index (Phi) is 3.38. The molecule has 1 fully saturated rings. The molecule has 5 nitrogen and oxygen atoms in total. The molecule has 1 heterocycles. The van der Waals surface area contributed by atoms with Crippen LogP contribution in [0.4, 0.5) is 4.79 Å². The summed E-state index contributed by atoms with van der Waals surface area (Å²) in [6.45, 7) is 3.31. The van der Waals surface area contributed by atoms with Gasteiger partial charge in [-0.1, -0.05) is 30.3 Å². The first-order valence-corrected chi connectivity index (χ1v) is 6.14. The summed E-state index contributed by atoms with van der Waals surface area (Å²) in [5.41, 5.74) is -0.150. The Hall–Kier alpha value is -2.17. The first-order chi connectivity index (χ1) is 8.93. The van der Waals surface area contributed by atoms with Crippen molar-refractivity contribution in [3.8, 4) is 0 Å². The van der Waals surface area contributed by atoms with Crippen molar-refractivity contribution in [2.75, 3.05) is 6.54 Å². The molecule has 4 amide bonds. The van der Waals surface area contributed by atoms with E-state index in [2.05, 4.69) is 5.32 Å². The van der Waals surface area contributed by atoms with E-state index in [9.17, 15) is 14.4 Å². The molecule has 19 heavy (non-hydrogen) atoms. The number of amides is 4. The number of urea groups is 1. The van der Waals surface area contributed by atoms with Crippen LogP contribution < -0.4 is 5.32 Å². The molecular formula is C14H16N2O3. The van der Waals surface area contributed by atoms with Crippen LogP contribution in [0.15, 0.2) is 30.3 Å². The maximum absolute atomic E-state index is 12.1. The number of hydrogen-bond acceptors (Lipinski definition) is 3. The van der Waals surface area contributed by atoms with Gasteiger partial charge in [-0.05, 0) is 25.8 Å². The third kappa shape index (κ3) is 2.50. The summed E-state index contributed by atoms with van der Waals surface area (Å²) in [6.07, 6.45) is 0.574. The zero-order chi connectivity index (χ0) is 14.0. The van der Waals surface area contributed by atoms with Gasteiger partial charge in [-0.15, -0.1) is 0 Å². The van der Waals surface area contributed by atoms with Crippen LogP contribution >= 0.6 is 0 Å². The first kappa shape index (κ1) is 13.3. The van der Waals surface area contributed by atoms with E-state index in [0.717, 1.165) is 10.5 Å². The summed E-state index contributed by atoms with van der Waals surface area (Å²) >= 11 is 0. The number of carbonyl (C=O) groups excluding carboxylic acids is 3. The molecular weight excluding hydrogens is 244 g/mol. The van der Waals surface area contributed by atoms with E-state index < -0.39 is 23.3 Å². The minimum Gasteiger partial charge on any atom is -0.277 e. The molecule has 1 saturated heterocycles. The van der Waals surface area contributed by atoms with Crippen molar-refractivity contribution >= 4 is 17.8 Å². The third-order valence-corrected chi connectivity index (χ3v) is 3.28. The Morgan fingerprint density at radius 2 is 1.74 bits per heavy atom. The van der Waals surface area contributed by atoms with Crippen molar-refractivity contribution in [3.63, 3.8) is 0 Å². The lowest BCUT2D eigenvalue weighted by Gasteiger charge is -2.34. The third-order valence-electron chi connectivity index (χ3n) is 3.28. The number of rotatable bonds is 3. The summed E-state index contributed by atoms with van der Waals surface area (Å²) in [5.74, 6) is -0.990. The molecule has 0 radical (unpaired) electrons. The Bertz CT molecular complexity index is 523. The van der Waals surface area contributed by atoms with Crippen LogP contribution in [0.5, 0.6) is 0 Å². The van der Waals surface area contributed by atoms with Crippen molar-refractivity contribution < 1.29 is 14.4 Å². The van der Waals surface area contributed by atoms with Gasteiger partial charge in [0, 0.05) is 6.54 Å². The predicted molar refractivity (Wildman–Crippen MR) is 69.2 cm³/mol. The number of benzene rings is 1. The highest BCUT2D eigenvalue weighted by Gasteiger charge is 2.46. The molecule has 1 aliphatic rings. The molecule has 0 aromatic heterocycles. The Morgan fingerprint density at radius 1 is 1.11 bits per heavy atom. The molecule has 0 aliphatic carbocycles. The average molecular weight is 260 g/mol. The van der Waals surface area contributed by atoms with E-state index in [-0.39, 0.29) is 6.54 Å². The van der Waals surface area contributed by atoms with Crippen molar-refractivity contribution in [3.05, 3.63) is 35.9 Å².